The summed E-state index contributed by atoms with van der Waals surface area (Å²) >= 11 is 0. The Bertz CT molecular complexity index is 1260. The van der Waals surface area contributed by atoms with Gasteiger partial charge in [-0.15, -0.1) is 0 Å². The standard InChI is InChI=1S/C24H25N3O6/c1-14-20(26-10-6-5-7-18(26)25-14)22(28)19-21(27(11-12-31-2)24(30)23(19)29)15-8-9-16(32-3)17(13-15)33-4/h5-10,13,21,28H,11-12H2,1-4H3/b22-19+. The lowest BCUT2D eigenvalue weighted by Gasteiger charge is -2.25. The zero-order valence-corrected chi connectivity index (χ0v) is 18.9. The molecule has 2 aromatic heterocycles. The summed E-state index contributed by atoms with van der Waals surface area (Å²) in [5, 5.41) is 11.4. The molecule has 0 saturated carbocycles. The van der Waals surface area contributed by atoms with Crippen molar-refractivity contribution in [1.29, 1.82) is 0 Å². The maximum atomic E-state index is 13.2. The van der Waals surface area contributed by atoms with E-state index in [9.17, 15) is 14.7 Å². The zero-order valence-electron chi connectivity index (χ0n) is 18.9. The number of Topliss-reactive ketones (excluding diaryl/α,β-unsaturated/α-hetero) is 1. The molecule has 9 heteroatoms. The fourth-order valence-electron chi connectivity index (χ4n) is 4.20. The molecule has 9 nitrogen and oxygen atoms in total. The predicted octanol–water partition coefficient (Wildman–Crippen LogP) is 2.73. The lowest BCUT2D eigenvalue weighted by Crippen LogP contribution is -2.32. The van der Waals surface area contributed by atoms with E-state index in [0.29, 0.717) is 34.1 Å². The number of fused-ring (bicyclic) bond motifs is 1. The topological polar surface area (TPSA) is 103 Å². The average Bonchev–Trinajstić information content (AvgIpc) is 3.29. The molecule has 0 spiro atoms. The van der Waals surface area contributed by atoms with Gasteiger partial charge in [0.15, 0.2) is 17.3 Å². The number of imidazole rings is 1. The van der Waals surface area contributed by atoms with E-state index in [1.54, 1.807) is 47.9 Å². The molecule has 1 atom stereocenters. The highest BCUT2D eigenvalue weighted by molar-refractivity contribution is 6.46. The van der Waals surface area contributed by atoms with Crippen LogP contribution in [0.3, 0.4) is 0 Å². The summed E-state index contributed by atoms with van der Waals surface area (Å²) in [6, 6.07) is 9.73. The summed E-state index contributed by atoms with van der Waals surface area (Å²) in [6.45, 7) is 2.14. The van der Waals surface area contributed by atoms with E-state index in [4.69, 9.17) is 14.2 Å². The molecule has 1 saturated heterocycles. The Hall–Kier alpha value is -3.85. The molecule has 1 aliphatic heterocycles. The summed E-state index contributed by atoms with van der Waals surface area (Å²) in [5.74, 6) is -0.816. The number of ether oxygens (including phenoxy) is 3. The fraction of sp³-hybridized carbons (Fsp3) is 0.292. The van der Waals surface area contributed by atoms with Crippen LogP contribution < -0.4 is 9.47 Å². The number of carbonyl (C=O) groups is 2. The number of carbonyl (C=O) groups excluding carboxylic acids is 2. The van der Waals surface area contributed by atoms with Crippen molar-refractivity contribution < 1.29 is 28.9 Å². The van der Waals surface area contributed by atoms with E-state index < -0.39 is 17.7 Å². The number of nitrogens with zero attached hydrogens (tertiary/aromatic N) is 3. The highest BCUT2D eigenvalue weighted by atomic mass is 16.5. The SMILES string of the molecule is COCCN1C(=O)C(=O)/C(=C(/O)c2c(C)nc3ccccn23)C1c1ccc(OC)c(OC)c1. The first kappa shape index (κ1) is 22.3. The van der Waals surface area contributed by atoms with Crippen molar-refractivity contribution >= 4 is 23.1 Å². The van der Waals surface area contributed by atoms with Gasteiger partial charge in [-0.3, -0.25) is 14.0 Å². The number of aryl methyl sites for hydroxylation is 1. The third-order valence-electron chi connectivity index (χ3n) is 5.73. The van der Waals surface area contributed by atoms with E-state index in [0.717, 1.165) is 0 Å². The molecular formula is C24H25N3O6. The first-order valence-corrected chi connectivity index (χ1v) is 10.4. The number of rotatable bonds is 7. The number of benzene rings is 1. The first-order chi connectivity index (χ1) is 15.9. The van der Waals surface area contributed by atoms with Gasteiger partial charge < -0.3 is 24.2 Å². The molecule has 4 rings (SSSR count). The van der Waals surface area contributed by atoms with Crippen LogP contribution in [0.1, 0.15) is 23.0 Å². The predicted molar refractivity (Wildman–Crippen MR) is 120 cm³/mol. The number of pyridine rings is 1. The molecule has 1 aromatic carbocycles. The number of ketones is 1. The Morgan fingerprint density at radius 1 is 1.09 bits per heavy atom. The minimum absolute atomic E-state index is 0.0166. The van der Waals surface area contributed by atoms with Gasteiger partial charge in [-0.25, -0.2) is 4.98 Å². The van der Waals surface area contributed by atoms with Crippen molar-refractivity contribution in [1.82, 2.24) is 14.3 Å². The fourth-order valence-corrected chi connectivity index (χ4v) is 4.20. The molecule has 1 aliphatic rings. The van der Waals surface area contributed by atoms with Crippen molar-refractivity contribution in [2.45, 2.75) is 13.0 Å². The Labute approximate surface area is 190 Å². The quantitative estimate of drug-likeness (QED) is 0.335. The third-order valence-corrected chi connectivity index (χ3v) is 5.73. The smallest absolute Gasteiger partial charge is 0.295 e. The van der Waals surface area contributed by atoms with Gasteiger partial charge in [0.2, 0.25) is 0 Å². The molecular weight excluding hydrogens is 426 g/mol. The molecule has 3 heterocycles. The summed E-state index contributed by atoms with van der Waals surface area (Å²) < 4.78 is 17.6. The van der Waals surface area contributed by atoms with Gasteiger partial charge in [-0.2, -0.15) is 0 Å². The number of hydrogen-bond acceptors (Lipinski definition) is 7. The second-order valence-corrected chi connectivity index (χ2v) is 7.57. The minimum atomic E-state index is -0.839. The van der Waals surface area contributed by atoms with Crippen molar-refractivity contribution in [3.63, 3.8) is 0 Å². The van der Waals surface area contributed by atoms with E-state index in [1.807, 2.05) is 6.07 Å². The largest absolute Gasteiger partial charge is 0.505 e. The van der Waals surface area contributed by atoms with Crippen molar-refractivity contribution in [3.8, 4) is 11.5 Å². The monoisotopic (exact) mass is 451 g/mol. The Morgan fingerprint density at radius 2 is 1.85 bits per heavy atom. The average molecular weight is 451 g/mol. The van der Waals surface area contributed by atoms with E-state index >= 15 is 0 Å². The van der Waals surface area contributed by atoms with E-state index in [2.05, 4.69) is 4.98 Å². The number of aliphatic hydroxyl groups excluding tert-OH is 1. The van der Waals surface area contributed by atoms with Crippen molar-refractivity contribution in [2.75, 3.05) is 34.5 Å². The van der Waals surface area contributed by atoms with Gasteiger partial charge in [0, 0.05) is 19.9 Å². The molecule has 33 heavy (non-hydrogen) atoms. The van der Waals surface area contributed by atoms with Crippen LogP contribution in [0.2, 0.25) is 0 Å². The van der Waals surface area contributed by atoms with Crippen LogP contribution >= 0.6 is 0 Å². The van der Waals surface area contributed by atoms with Crippen molar-refractivity contribution in [3.05, 3.63) is 65.1 Å². The lowest BCUT2D eigenvalue weighted by atomic mass is 9.96. The van der Waals surface area contributed by atoms with Gasteiger partial charge >= 0.3 is 0 Å². The van der Waals surface area contributed by atoms with Gasteiger partial charge in [-0.1, -0.05) is 12.1 Å². The normalized spacial score (nSPS) is 17.7. The summed E-state index contributed by atoms with van der Waals surface area (Å²) in [6.07, 6.45) is 1.75. The first-order valence-electron chi connectivity index (χ1n) is 10.4. The summed E-state index contributed by atoms with van der Waals surface area (Å²) in [4.78, 5) is 32.1. The number of aliphatic hydroxyl groups is 1. The van der Waals surface area contributed by atoms with Crippen LogP contribution in [-0.4, -0.2) is 65.6 Å². The second-order valence-electron chi connectivity index (χ2n) is 7.57. The Balaban J connectivity index is 1.95. The lowest BCUT2D eigenvalue weighted by molar-refractivity contribution is -0.140. The second kappa shape index (κ2) is 8.95. The number of likely N-dealkylation sites (tertiary alicyclic amines) is 1. The highest BCUT2D eigenvalue weighted by Gasteiger charge is 2.46. The molecule has 0 aliphatic carbocycles. The van der Waals surface area contributed by atoms with Crippen LogP contribution in [-0.2, 0) is 14.3 Å². The Morgan fingerprint density at radius 3 is 2.55 bits per heavy atom. The molecule has 1 fully saturated rings. The maximum absolute atomic E-state index is 13.2. The number of hydrogen-bond donors (Lipinski definition) is 1. The highest BCUT2D eigenvalue weighted by Crippen LogP contribution is 2.42. The van der Waals surface area contributed by atoms with Crippen molar-refractivity contribution in [2.24, 2.45) is 0 Å². The number of aromatic nitrogens is 2. The van der Waals surface area contributed by atoms with Crippen LogP contribution in [0.5, 0.6) is 11.5 Å². The molecule has 1 unspecified atom stereocenters. The number of methoxy groups -OCH3 is 3. The minimum Gasteiger partial charge on any atom is -0.505 e. The third kappa shape index (κ3) is 3.70. The molecule has 0 radical (unpaired) electrons. The van der Waals surface area contributed by atoms with Gasteiger partial charge in [0.25, 0.3) is 11.7 Å². The molecule has 172 valence electrons. The Kier molecular flexibility index (Phi) is 6.06. The van der Waals surface area contributed by atoms with Gasteiger partial charge in [0.1, 0.15) is 11.3 Å². The summed E-state index contributed by atoms with van der Waals surface area (Å²) in [7, 11) is 4.55. The zero-order chi connectivity index (χ0) is 23.7. The van der Waals surface area contributed by atoms with Crippen LogP contribution in [0.4, 0.5) is 0 Å². The molecule has 1 amide bonds. The number of amides is 1. The van der Waals surface area contributed by atoms with Crippen LogP contribution in [0.15, 0.2) is 48.2 Å². The maximum Gasteiger partial charge on any atom is 0.295 e. The van der Waals surface area contributed by atoms with Gasteiger partial charge in [-0.05, 0) is 36.8 Å². The van der Waals surface area contributed by atoms with E-state index in [-0.39, 0.29) is 24.5 Å². The van der Waals surface area contributed by atoms with Gasteiger partial charge in [0.05, 0.1) is 38.1 Å². The molecule has 3 aromatic rings. The summed E-state index contributed by atoms with van der Waals surface area (Å²) in [5.41, 5.74) is 2.09. The van der Waals surface area contributed by atoms with Crippen LogP contribution in [0.25, 0.3) is 11.4 Å². The van der Waals surface area contributed by atoms with E-state index in [1.165, 1.54) is 26.2 Å². The molecule has 0 bridgehead atoms. The van der Waals surface area contributed by atoms with Crippen LogP contribution in [0, 0.1) is 6.92 Å². The molecule has 1 N–H and O–H groups in total.